The molecule has 0 N–H and O–H groups in total. The van der Waals surface area contributed by atoms with Crippen LogP contribution in [0.3, 0.4) is 0 Å². The Kier molecular flexibility index (Phi) is 1.10. The monoisotopic (exact) mass is 95.0 g/mol. The van der Waals surface area contributed by atoms with Gasteiger partial charge in [-0.05, 0) is 19.3 Å². The molecule has 0 spiro atoms. The molecule has 0 bridgehead atoms. The van der Waals surface area contributed by atoms with Gasteiger partial charge in [0.05, 0.1) is 10.2 Å². The molecule has 0 aromatic carbocycles. The van der Waals surface area contributed by atoms with E-state index in [0.29, 0.717) is 0 Å². The van der Waals surface area contributed by atoms with Gasteiger partial charge in [-0.2, -0.15) is 0 Å². The van der Waals surface area contributed by atoms with Gasteiger partial charge >= 0.3 is 0 Å². The Morgan fingerprint density at radius 3 is 2.67 bits per heavy atom. The van der Waals surface area contributed by atoms with Gasteiger partial charge in [-0.25, -0.2) is 0 Å². The standard InChI is InChI=1S/C5H7Si/c6-5-3-1-2-4-5/h3H,1-2,4H2. The summed E-state index contributed by atoms with van der Waals surface area (Å²) in [5.74, 6) is 0. The number of hydrogen-bond acceptors (Lipinski definition) is 0. The van der Waals surface area contributed by atoms with E-state index in [0.717, 1.165) is 0 Å². The van der Waals surface area contributed by atoms with Crippen molar-refractivity contribution in [3.63, 3.8) is 0 Å². The molecule has 0 amide bonds. The van der Waals surface area contributed by atoms with Crippen molar-refractivity contribution in [2.24, 2.45) is 0 Å². The molecular weight excluding hydrogens is 88.1 g/mol. The number of rotatable bonds is 0. The van der Waals surface area contributed by atoms with Crippen LogP contribution in [0.2, 0.25) is 0 Å². The van der Waals surface area contributed by atoms with Crippen molar-refractivity contribution in [3.8, 4) is 0 Å². The van der Waals surface area contributed by atoms with E-state index in [1.54, 1.807) is 0 Å². The van der Waals surface area contributed by atoms with Crippen LogP contribution in [0.1, 0.15) is 19.3 Å². The zero-order chi connectivity index (χ0) is 4.41. The Bertz CT molecular complexity index is 74.0. The smallest absolute Gasteiger partial charge is 0.0646 e. The third-order valence-corrected chi connectivity index (χ3v) is 1.50. The van der Waals surface area contributed by atoms with Gasteiger partial charge in [0.15, 0.2) is 0 Å². The lowest BCUT2D eigenvalue weighted by atomic mass is 10.4. The van der Waals surface area contributed by atoms with Crippen LogP contribution in [0.25, 0.3) is 0 Å². The molecule has 31 valence electrons. The van der Waals surface area contributed by atoms with Crippen LogP contribution in [-0.4, -0.2) is 10.2 Å². The third kappa shape index (κ3) is 0.715. The summed E-state index contributed by atoms with van der Waals surface area (Å²) in [5, 5.41) is 1.38. The van der Waals surface area contributed by atoms with Crippen molar-refractivity contribution < 1.29 is 0 Å². The predicted octanol–water partition coefficient (Wildman–Crippen LogP) is 1.22. The Morgan fingerprint density at radius 2 is 2.50 bits per heavy atom. The van der Waals surface area contributed by atoms with Crippen LogP contribution in [0.5, 0.6) is 0 Å². The maximum Gasteiger partial charge on any atom is 0.0646 e. The summed E-state index contributed by atoms with van der Waals surface area (Å²) in [6.07, 6.45) is 6.12. The second-order valence-electron chi connectivity index (χ2n) is 1.62. The normalized spacial score (nSPS) is 21.2. The largest absolute Gasteiger partial charge is 0.0923 e. The molecule has 1 aliphatic rings. The van der Waals surface area contributed by atoms with Crippen LogP contribution in [0.4, 0.5) is 0 Å². The molecule has 0 heterocycles. The van der Waals surface area contributed by atoms with E-state index >= 15 is 0 Å². The minimum atomic E-state index is 1.26. The first-order valence-corrected chi connectivity index (χ1v) is 2.80. The summed E-state index contributed by atoms with van der Waals surface area (Å²) in [7, 11) is 3.44. The number of allylic oxidation sites excluding steroid dienone is 2. The fourth-order valence-corrected chi connectivity index (χ4v) is 0.992. The van der Waals surface area contributed by atoms with E-state index in [2.05, 4.69) is 16.3 Å². The molecule has 1 rings (SSSR count). The third-order valence-electron chi connectivity index (χ3n) is 1.04. The summed E-state index contributed by atoms with van der Waals surface area (Å²) < 4.78 is 0. The van der Waals surface area contributed by atoms with E-state index in [1.165, 1.54) is 24.5 Å². The Hall–Kier alpha value is -0.0431. The molecule has 0 fully saturated rings. The highest BCUT2D eigenvalue weighted by atomic mass is 28.1. The van der Waals surface area contributed by atoms with Gasteiger partial charge in [-0.3, -0.25) is 0 Å². The van der Waals surface area contributed by atoms with E-state index < -0.39 is 0 Å². The van der Waals surface area contributed by atoms with Gasteiger partial charge in [-0.1, -0.05) is 11.3 Å². The summed E-state index contributed by atoms with van der Waals surface area (Å²) in [5.41, 5.74) is 0. The topological polar surface area (TPSA) is 0 Å². The van der Waals surface area contributed by atoms with Crippen LogP contribution < -0.4 is 0 Å². The zero-order valence-electron chi connectivity index (χ0n) is 3.70. The average molecular weight is 95.2 g/mol. The summed E-state index contributed by atoms with van der Waals surface area (Å²) in [4.78, 5) is 0. The first-order valence-electron chi connectivity index (χ1n) is 2.30. The maximum absolute atomic E-state index is 3.44. The molecule has 6 heavy (non-hydrogen) atoms. The molecule has 1 aliphatic carbocycles. The SMILES string of the molecule is [Si]C1=CCCC1. The fourth-order valence-electron chi connectivity index (χ4n) is 0.671. The Morgan fingerprint density at radius 1 is 1.67 bits per heavy atom. The lowest BCUT2D eigenvalue weighted by Gasteiger charge is -1.79. The van der Waals surface area contributed by atoms with Gasteiger partial charge in [-0.15, -0.1) is 0 Å². The molecule has 0 aromatic rings. The van der Waals surface area contributed by atoms with Crippen molar-refractivity contribution in [1.82, 2.24) is 0 Å². The van der Waals surface area contributed by atoms with Crippen molar-refractivity contribution in [3.05, 3.63) is 11.3 Å². The minimum absolute atomic E-state index is 1.26. The van der Waals surface area contributed by atoms with Crippen molar-refractivity contribution in [2.45, 2.75) is 19.3 Å². The molecule has 3 radical (unpaired) electrons. The van der Waals surface area contributed by atoms with Crippen molar-refractivity contribution >= 4 is 10.2 Å². The minimum Gasteiger partial charge on any atom is -0.0923 e. The van der Waals surface area contributed by atoms with E-state index in [4.69, 9.17) is 0 Å². The Labute approximate surface area is 41.7 Å². The van der Waals surface area contributed by atoms with Crippen molar-refractivity contribution in [1.29, 1.82) is 0 Å². The van der Waals surface area contributed by atoms with E-state index in [-0.39, 0.29) is 0 Å². The lowest BCUT2D eigenvalue weighted by Crippen LogP contribution is -1.68. The lowest BCUT2D eigenvalue weighted by molar-refractivity contribution is 0.924. The molecule has 0 nitrogen and oxygen atoms in total. The highest BCUT2D eigenvalue weighted by Gasteiger charge is 1.95. The second kappa shape index (κ2) is 1.60. The first kappa shape index (κ1) is 4.12. The van der Waals surface area contributed by atoms with E-state index in [9.17, 15) is 0 Å². The second-order valence-corrected chi connectivity index (χ2v) is 2.26. The highest BCUT2D eigenvalue weighted by molar-refractivity contribution is 6.21. The molecule has 0 saturated carbocycles. The number of hydrogen-bond donors (Lipinski definition) is 0. The molecule has 0 saturated heterocycles. The van der Waals surface area contributed by atoms with Crippen LogP contribution in [0, 0.1) is 0 Å². The van der Waals surface area contributed by atoms with Gasteiger partial charge < -0.3 is 0 Å². The molecule has 0 aromatic heterocycles. The Balaban J connectivity index is 2.45. The van der Waals surface area contributed by atoms with Crippen molar-refractivity contribution in [2.75, 3.05) is 0 Å². The van der Waals surface area contributed by atoms with E-state index in [1.807, 2.05) is 0 Å². The first-order chi connectivity index (χ1) is 2.89. The molecule has 0 atom stereocenters. The van der Waals surface area contributed by atoms with Crippen LogP contribution in [0.15, 0.2) is 11.3 Å². The van der Waals surface area contributed by atoms with Gasteiger partial charge in [0.2, 0.25) is 0 Å². The average Bonchev–Trinajstić information content (AvgIpc) is 1.86. The van der Waals surface area contributed by atoms with Gasteiger partial charge in [0, 0.05) is 0 Å². The molecular formula is C5H7Si. The van der Waals surface area contributed by atoms with Gasteiger partial charge in [0.25, 0.3) is 0 Å². The zero-order valence-corrected chi connectivity index (χ0v) is 4.70. The fraction of sp³-hybridized carbons (Fsp3) is 0.600. The highest BCUT2D eigenvalue weighted by Crippen LogP contribution is 2.12. The molecule has 0 aliphatic heterocycles. The molecule has 0 unspecified atom stereocenters. The maximum atomic E-state index is 3.44. The molecule has 1 heteroatoms. The summed E-state index contributed by atoms with van der Waals surface area (Å²) >= 11 is 0. The summed E-state index contributed by atoms with van der Waals surface area (Å²) in [6, 6.07) is 0. The van der Waals surface area contributed by atoms with Gasteiger partial charge in [0.1, 0.15) is 0 Å². The predicted molar refractivity (Wildman–Crippen MR) is 27.7 cm³/mol. The quantitative estimate of drug-likeness (QED) is 0.397. The van der Waals surface area contributed by atoms with Crippen LogP contribution >= 0.6 is 0 Å². The summed E-state index contributed by atoms with van der Waals surface area (Å²) in [6.45, 7) is 0. The van der Waals surface area contributed by atoms with Crippen LogP contribution in [-0.2, 0) is 0 Å².